The number of aliphatic hydroxyl groups is 1. The number of hydrogen-bond acceptors (Lipinski definition) is 1. The third-order valence-corrected chi connectivity index (χ3v) is 5.74. The van der Waals surface area contributed by atoms with Crippen LogP contribution in [-0.4, -0.2) is 11.2 Å². The molecule has 0 aromatic heterocycles. The molecule has 0 aromatic rings. The summed E-state index contributed by atoms with van der Waals surface area (Å²) in [5, 5.41) is 9.90. The van der Waals surface area contributed by atoms with Crippen molar-refractivity contribution in [2.24, 2.45) is 29.1 Å². The van der Waals surface area contributed by atoms with E-state index in [1.165, 1.54) is 18.4 Å². The summed E-state index contributed by atoms with van der Waals surface area (Å²) in [5.74, 6) is 3.21. The molecule has 1 spiro atoms. The molecule has 1 nitrogen and oxygen atoms in total. The van der Waals surface area contributed by atoms with Crippen molar-refractivity contribution in [1.82, 2.24) is 0 Å². The van der Waals surface area contributed by atoms with E-state index in [-0.39, 0.29) is 6.10 Å². The Labute approximate surface area is 92.6 Å². The Bertz CT molecular complexity index is 308. The zero-order chi connectivity index (χ0) is 10.8. The van der Waals surface area contributed by atoms with E-state index < -0.39 is 0 Å². The van der Waals surface area contributed by atoms with Crippen LogP contribution in [0.1, 0.15) is 39.5 Å². The van der Waals surface area contributed by atoms with Gasteiger partial charge in [0, 0.05) is 5.41 Å². The lowest BCUT2D eigenvalue weighted by Crippen LogP contribution is -2.59. The summed E-state index contributed by atoms with van der Waals surface area (Å²) >= 11 is 0. The van der Waals surface area contributed by atoms with Gasteiger partial charge in [0.1, 0.15) is 0 Å². The SMILES string of the molecule is C=C(CC)C(C)C1C2CCC2C12CC2O. The molecule has 1 heteroatoms. The van der Waals surface area contributed by atoms with Crippen molar-refractivity contribution < 1.29 is 5.11 Å². The van der Waals surface area contributed by atoms with Crippen molar-refractivity contribution in [3.8, 4) is 0 Å². The van der Waals surface area contributed by atoms with Gasteiger partial charge in [-0.05, 0) is 49.4 Å². The molecule has 0 aliphatic heterocycles. The average molecular weight is 206 g/mol. The van der Waals surface area contributed by atoms with E-state index in [0.717, 1.165) is 30.6 Å². The smallest absolute Gasteiger partial charge is 0.0609 e. The van der Waals surface area contributed by atoms with Crippen LogP contribution in [0, 0.1) is 29.1 Å². The fraction of sp³-hybridized carbons (Fsp3) is 0.857. The van der Waals surface area contributed by atoms with Gasteiger partial charge in [-0.25, -0.2) is 0 Å². The minimum absolute atomic E-state index is 0.0242. The fourth-order valence-electron chi connectivity index (χ4n) is 4.59. The normalized spacial score (nSPS) is 52.7. The molecule has 3 saturated carbocycles. The Morgan fingerprint density at radius 1 is 1.53 bits per heavy atom. The fourth-order valence-corrected chi connectivity index (χ4v) is 4.59. The van der Waals surface area contributed by atoms with E-state index in [0.29, 0.717) is 11.3 Å². The van der Waals surface area contributed by atoms with E-state index in [2.05, 4.69) is 20.4 Å². The van der Waals surface area contributed by atoms with Gasteiger partial charge in [-0.3, -0.25) is 0 Å². The summed E-state index contributed by atoms with van der Waals surface area (Å²) < 4.78 is 0. The van der Waals surface area contributed by atoms with E-state index in [4.69, 9.17) is 0 Å². The van der Waals surface area contributed by atoms with Gasteiger partial charge < -0.3 is 5.11 Å². The molecule has 3 rings (SSSR count). The molecule has 3 aliphatic carbocycles. The van der Waals surface area contributed by atoms with Crippen LogP contribution in [0.5, 0.6) is 0 Å². The van der Waals surface area contributed by atoms with Crippen molar-refractivity contribution in [3.63, 3.8) is 0 Å². The van der Waals surface area contributed by atoms with Crippen LogP contribution in [0.15, 0.2) is 12.2 Å². The number of fused-ring (bicyclic) bond motifs is 2. The Morgan fingerprint density at radius 3 is 2.60 bits per heavy atom. The zero-order valence-corrected chi connectivity index (χ0v) is 9.87. The van der Waals surface area contributed by atoms with Gasteiger partial charge in [0.05, 0.1) is 6.10 Å². The van der Waals surface area contributed by atoms with Crippen molar-refractivity contribution in [1.29, 1.82) is 0 Å². The summed E-state index contributed by atoms with van der Waals surface area (Å²) in [6.07, 6.45) is 4.99. The van der Waals surface area contributed by atoms with Crippen LogP contribution in [0.3, 0.4) is 0 Å². The van der Waals surface area contributed by atoms with E-state index in [1.54, 1.807) is 0 Å². The third-order valence-electron chi connectivity index (χ3n) is 5.74. The second-order valence-corrected chi connectivity index (χ2v) is 6.01. The topological polar surface area (TPSA) is 20.2 Å². The second-order valence-electron chi connectivity index (χ2n) is 6.01. The second kappa shape index (κ2) is 2.88. The number of rotatable bonds is 3. The minimum atomic E-state index is 0.0242. The quantitative estimate of drug-likeness (QED) is 0.704. The minimum Gasteiger partial charge on any atom is -0.393 e. The maximum atomic E-state index is 9.90. The maximum Gasteiger partial charge on any atom is 0.0609 e. The molecule has 84 valence electrons. The van der Waals surface area contributed by atoms with Gasteiger partial charge in [-0.15, -0.1) is 0 Å². The van der Waals surface area contributed by atoms with Crippen LogP contribution < -0.4 is 0 Å². The number of allylic oxidation sites excluding steroid dienone is 1. The van der Waals surface area contributed by atoms with Crippen molar-refractivity contribution in [2.75, 3.05) is 0 Å². The first-order chi connectivity index (χ1) is 7.13. The molecule has 15 heavy (non-hydrogen) atoms. The third kappa shape index (κ3) is 0.982. The van der Waals surface area contributed by atoms with Gasteiger partial charge in [-0.1, -0.05) is 26.0 Å². The lowest BCUT2D eigenvalue weighted by molar-refractivity contribution is -0.158. The lowest BCUT2D eigenvalue weighted by atomic mass is 9.41. The molecule has 3 fully saturated rings. The predicted octanol–water partition coefficient (Wildman–Crippen LogP) is 3.00. The molecular weight excluding hydrogens is 184 g/mol. The van der Waals surface area contributed by atoms with Gasteiger partial charge in [-0.2, -0.15) is 0 Å². The lowest BCUT2D eigenvalue weighted by Gasteiger charge is -2.63. The molecule has 0 aromatic carbocycles. The molecule has 1 N–H and O–H groups in total. The molecule has 0 saturated heterocycles. The van der Waals surface area contributed by atoms with Crippen molar-refractivity contribution in [3.05, 3.63) is 12.2 Å². The summed E-state index contributed by atoms with van der Waals surface area (Å²) in [6.45, 7) is 8.73. The van der Waals surface area contributed by atoms with E-state index in [1.807, 2.05) is 0 Å². The Kier molecular flexibility index (Phi) is 1.90. The first kappa shape index (κ1) is 9.89. The van der Waals surface area contributed by atoms with E-state index >= 15 is 0 Å². The molecule has 6 unspecified atom stereocenters. The highest BCUT2D eigenvalue weighted by Crippen LogP contribution is 2.78. The molecular formula is C14H22O. The zero-order valence-electron chi connectivity index (χ0n) is 9.87. The van der Waals surface area contributed by atoms with Crippen molar-refractivity contribution in [2.45, 2.75) is 45.6 Å². The van der Waals surface area contributed by atoms with Gasteiger partial charge in [0.15, 0.2) is 0 Å². The first-order valence-corrected chi connectivity index (χ1v) is 6.48. The Balaban J connectivity index is 1.78. The van der Waals surface area contributed by atoms with Gasteiger partial charge >= 0.3 is 0 Å². The Morgan fingerprint density at radius 2 is 2.20 bits per heavy atom. The van der Waals surface area contributed by atoms with Crippen LogP contribution in [-0.2, 0) is 0 Å². The Hall–Kier alpha value is -0.300. The molecule has 0 heterocycles. The highest BCUT2D eigenvalue weighted by molar-refractivity contribution is 5.27. The molecule has 3 aliphatic rings. The van der Waals surface area contributed by atoms with Crippen LogP contribution >= 0.6 is 0 Å². The summed E-state index contributed by atoms with van der Waals surface area (Å²) in [5.41, 5.74) is 1.75. The van der Waals surface area contributed by atoms with Crippen LogP contribution in [0.25, 0.3) is 0 Å². The average Bonchev–Trinajstić information content (AvgIpc) is 2.84. The van der Waals surface area contributed by atoms with E-state index in [9.17, 15) is 5.11 Å². The monoisotopic (exact) mass is 206 g/mol. The van der Waals surface area contributed by atoms with Gasteiger partial charge in [0.25, 0.3) is 0 Å². The highest BCUT2D eigenvalue weighted by atomic mass is 16.3. The standard InChI is InChI=1S/C14H22O/c1-4-8(2)9(3)13-10-5-6-11(10)14(13)7-12(14)15/h9-13,15H,2,4-7H2,1,3H3. The predicted molar refractivity (Wildman–Crippen MR) is 61.4 cm³/mol. The van der Waals surface area contributed by atoms with Crippen molar-refractivity contribution >= 4 is 0 Å². The van der Waals surface area contributed by atoms with Crippen LogP contribution in [0.4, 0.5) is 0 Å². The first-order valence-electron chi connectivity index (χ1n) is 6.48. The number of hydrogen-bond donors (Lipinski definition) is 1. The molecule has 0 radical (unpaired) electrons. The van der Waals surface area contributed by atoms with Gasteiger partial charge in [0.2, 0.25) is 0 Å². The summed E-state index contributed by atoms with van der Waals surface area (Å²) in [7, 11) is 0. The molecule has 0 bridgehead atoms. The van der Waals surface area contributed by atoms with Crippen LogP contribution in [0.2, 0.25) is 0 Å². The molecule has 0 amide bonds. The maximum absolute atomic E-state index is 9.90. The summed E-state index contributed by atoms with van der Waals surface area (Å²) in [6, 6.07) is 0. The molecule has 6 atom stereocenters. The highest BCUT2D eigenvalue weighted by Gasteiger charge is 2.76. The summed E-state index contributed by atoms with van der Waals surface area (Å²) in [4.78, 5) is 0. The number of aliphatic hydroxyl groups excluding tert-OH is 1. The largest absolute Gasteiger partial charge is 0.393 e.